The average Bonchev–Trinajstić information content (AvgIpc) is 2.57. The molecule has 0 amide bonds. The first-order valence-corrected chi connectivity index (χ1v) is 4.46. The largest absolute Gasteiger partial charge is 0.288 e. The van der Waals surface area contributed by atoms with Crippen LogP contribution in [0.3, 0.4) is 0 Å². The Morgan fingerprint density at radius 1 is 1.25 bits per heavy atom. The molecule has 0 fully saturated rings. The van der Waals surface area contributed by atoms with E-state index in [1.807, 2.05) is 20.1 Å². The van der Waals surface area contributed by atoms with E-state index >= 15 is 0 Å². The maximum Gasteiger partial charge on any atom is 0.0648 e. The van der Waals surface area contributed by atoms with Crippen LogP contribution in [0.4, 0.5) is 0 Å². The number of aliphatic imine (C=N–C) groups is 1. The van der Waals surface area contributed by atoms with E-state index < -0.39 is 0 Å². The standard InChI is InChI=1S/C9H9N.C2H6/c1-7-3-2-4-8-5-10-6-9(7)8;1-2/h2-5H,6H2,1H3;1-2H3. The Kier molecular flexibility index (Phi) is 3.03. The average molecular weight is 161 g/mol. The summed E-state index contributed by atoms with van der Waals surface area (Å²) in [7, 11) is 0. The Hall–Kier alpha value is -1.11. The SMILES string of the molecule is CC.Cc1cccc2c1CN=C2. The highest BCUT2D eigenvalue weighted by Gasteiger charge is 2.06. The van der Waals surface area contributed by atoms with E-state index in [1.54, 1.807) is 0 Å². The zero-order valence-electron chi connectivity index (χ0n) is 7.96. The first-order valence-electron chi connectivity index (χ1n) is 4.46. The van der Waals surface area contributed by atoms with Gasteiger partial charge in [0.15, 0.2) is 0 Å². The van der Waals surface area contributed by atoms with Crippen molar-refractivity contribution >= 4 is 6.21 Å². The number of hydrogen-bond donors (Lipinski definition) is 0. The van der Waals surface area contributed by atoms with E-state index in [0.717, 1.165) is 6.54 Å². The Labute approximate surface area is 74.2 Å². The molecule has 0 unspecified atom stereocenters. The van der Waals surface area contributed by atoms with Gasteiger partial charge in [-0.15, -0.1) is 0 Å². The van der Waals surface area contributed by atoms with Crippen molar-refractivity contribution in [1.29, 1.82) is 0 Å². The molecule has 1 aromatic carbocycles. The fourth-order valence-electron chi connectivity index (χ4n) is 1.30. The third kappa shape index (κ3) is 1.55. The summed E-state index contributed by atoms with van der Waals surface area (Å²) in [4.78, 5) is 4.19. The summed E-state index contributed by atoms with van der Waals surface area (Å²) in [6.07, 6.45) is 1.95. The van der Waals surface area contributed by atoms with Crippen LogP contribution in [0.2, 0.25) is 0 Å². The van der Waals surface area contributed by atoms with Crippen LogP contribution < -0.4 is 0 Å². The number of fused-ring (bicyclic) bond motifs is 1. The number of rotatable bonds is 0. The van der Waals surface area contributed by atoms with E-state index in [0.29, 0.717) is 0 Å². The van der Waals surface area contributed by atoms with Crippen LogP contribution in [0.15, 0.2) is 23.2 Å². The topological polar surface area (TPSA) is 12.4 Å². The minimum absolute atomic E-state index is 0.877. The van der Waals surface area contributed by atoms with Crippen molar-refractivity contribution < 1.29 is 0 Å². The predicted octanol–water partition coefficient (Wildman–Crippen LogP) is 2.95. The highest BCUT2D eigenvalue weighted by Crippen LogP contribution is 2.17. The molecule has 1 aromatic rings. The highest BCUT2D eigenvalue weighted by atomic mass is 14.7. The molecule has 0 saturated heterocycles. The molecule has 0 atom stereocenters. The van der Waals surface area contributed by atoms with Crippen molar-refractivity contribution in [1.82, 2.24) is 0 Å². The molecule has 0 N–H and O–H groups in total. The van der Waals surface area contributed by atoms with Crippen molar-refractivity contribution in [2.24, 2.45) is 4.99 Å². The lowest BCUT2D eigenvalue weighted by Gasteiger charge is -1.99. The molecule has 0 bridgehead atoms. The molecule has 1 heterocycles. The molecular weight excluding hydrogens is 146 g/mol. The van der Waals surface area contributed by atoms with E-state index in [1.165, 1.54) is 16.7 Å². The molecule has 1 aliphatic heterocycles. The lowest BCUT2D eigenvalue weighted by atomic mass is 10.1. The van der Waals surface area contributed by atoms with Crippen LogP contribution in [0, 0.1) is 6.92 Å². The van der Waals surface area contributed by atoms with Crippen LogP contribution in [0.5, 0.6) is 0 Å². The zero-order valence-corrected chi connectivity index (χ0v) is 7.96. The molecule has 0 radical (unpaired) electrons. The predicted molar refractivity (Wildman–Crippen MR) is 53.8 cm³/mol. The van der Waals surface area contributed by atoms with Gasteiger partial charge in [-0.2, -0.15) is 0 Å². The minimum Gasteiger partial charge on any atom is -0.288 e. The quantitative estimate of drug-likeness (QED) is 0.554. The second kappa shape index (κ2) is 4.05. The van der Waals surface area contributed by atoms with E-state index in [-0.39, 0.29) is 0 Å². The number of nitrogens with zero attached hydrogens (tertiary/aromatic N) is 1. The van der Waals surface area contributed by atoms with Gasteiger partial charge in [-0.3, -0.25) is 4.99 Å². The molecule has 0 aliphatic carbocycles. The molecule has 1 aliphatic rings. The monoisotopic (exact) mass is 161 g/mol. The van der Waals surface area contributed by atoms with E-state index in [4.69, 9.17) is 0 Å². The summed E-state index contributed by atoms with van der Waals surface area (Å²) >= 11 is 0. The van der Waals surface area contributed by atoms with Gasteiger partial charge in [0, 0.05) is 6.21 Å². The summed E-state index contributed by atoms with van der Waals surface area (Å²) < 4.78 is 0. The van der Waals surface area contributed by atoms with Crippen molar-refractivity contribution in [3.05, 3.63) is 34.9 Å². The molecule has 0 spiro atoms. The first kappa shape index (κ1) is 8.98. The zero-order chi connectivity index (χ0) is 8.97. The molecule has 0 aromatic heterocycles. The Morgan fingerprint density at radius 2 is 2.00 bits per heavy atom. The van der Waals surface area contributed by atoms with Gasteiger partial charge >= 0.3 is 0 Å². The fourth-order valence-corrected chi connectivity index (χ4v) is 1.30. The summed E-state index contributed by atoms with van der Waals surface area (Å²) in [5.74, 6) is 0. The van der Waals surface area contributed by atoms with Crippen LogP contribution >= 0.6 is 0 Å². The molecule has 64 valence electrons. The van der Waals surface area contributed by atoms with Gasteiger partial charge in [0.1, 0.15) is 0 Å². The van der Waals surface area contributed by atoms with Gasteiger partial charge in [0.25, 0.3) is 0 Å². The lowest BCUT2D eigenvalue weighted by molar-refractivity contribution is 1.09. The van der Waals surface area contributed by atoms with Gasteiger partial charge in [-0.1, -0.05) is 32.0 Å². The first-order chi connectivity index (χ1) is 5.88. The summed E-state index contributed by atoms with van der Waals surface area (Å²) in [6, 6.07) is 6.32. The Balaban J connectivity index is 0.000000336. The summed E-state index contributed by atoms with van der Waals surface area (Å²) in [5.41, 5.74) is 4.04. The maximum atomic E-state index is 4.19. The Morgan fingerprint density at radius 3 is 2.67 bits per heavy atom. The van der Waals surface area contributed by atoms with Crippen LogP contribution in [-0.2, 0) is 6.54 Å². The van der Waals surface area contributed by atoms with Crippen LogP contribution in [-0.4, -0.2) is 6.21 Å². The van der Waals surface area contributed by atoms with Gasteiger partial charge in [-0.05, 0) is 23.6 Å². The molecule has 12 heavy (non-hydrogen) atoms. The van der Waals surface area contributed by atoms with E-state index in [9.17, 15) is 0 Å². The maximum absolute atomic E-state index is 4.19. The second-order valence-corrected chi connectivity index (χ2v) is 2.61. The van der Waals surface area contributed by atoms with Crippen molar-refractivity contribution in [3.63, 3.8) is 0 Å². The van der Waals surface area contributed by atoms with Crippen molar-refractivity contribution in [2.75, 3.05) is 0 Å². The van der Waals surface area contributed by atoms with Crippen molar-refractivity contribution in [2.45, 2.75) is 27.3 Å². The molecule has 1 heteroatoms. The van der Waals surface area contributed by atoms with Crippen LogP contribution in [0.25, 0.3) is 0 Å². The molecule has 2 rings (SSSR count). The normalized spacial score (nSPS) is 11.9. The third-order valence-electron chi connectivity index (χ3n) is 1.93. The molecule has 0 saturated carbocycles. The van der Waals surface area contributed by atoms with Crippen molar-refractivity contribution in [3.8, 4) is 0 Å². The molecular formula is C11H15N. The second-order valence-electron chi connectivity index (χ2n) is 2.61. The number of hydrogen-bond acceptors (Lipinski definition) is 1. The van der Waals surface area contributed by atoms with Gasteiger partial charge in [-0.25, -0.2) is 0 Å². The molecule has 1 nitrogen and oxygen atoms in total. The summed E-state index contributed by atoms with van der Waals surface area (Å²) in [6.45, 7) is 7.01. The third-order valence-corrected chi connectivity index (χ3v) is 1.93. The lowest BCUT2D eigenvalue weighted by Crippen LogP contribution is -1.86. The minimum atomic E-state index is 0.877. The van der Waals surface area contributed by atoms with Gasteiger partial charge in [0.05, 0.1) is 6.54 Å². The Bertz CT molecular complexity index is 287. The fraction of sp³-hybridized carbons (Fsp3) is 0.364. The van der Waals surface area contributed by atoms with E-state index in [2.05, 4.69) is 30.1 Å². The smallest absolute Gasteiger partial charge is 0.0648 e. The van der Waals surface area contributed by atoms with Gasteiger partial charge < -0.3 is 0 Å². The number of aryl methyl sites for hydroxylation is 1. The summed E-state index contributed by atoms with van der Waals surface area (Å²) in [5, 5.41) is 0. The highest BCUT2D eigenvalue weighted by molar-refractivity contribution is 5.84. The number of benzene rings is 1. The van der Waals surface area contributed by atoms with Crippen LogP contribution in [0.1, 0.15) is 30.5 Å². The van der Waals surface area contributed by atoms with Gasteiger partial charge in [0.2, 0.25) is 0 Å².